The Bertz CT molecular complexity index is 942. The van der Waals surface area contributed by atoms with Crippen molar-refractivity contribution in [3.63, 3.8) is 0 Å². The molecule has 0 atom stereocenters. The molecule has 1 fully saturated rings. The van der Waals surface area contributed by atoms with E-state index in [0.29, 0.717) is 24.7 Å². The second-order valence-electron chi connectivity index (χ2n) is 7.05. The lowest BCUT2D eigenvalue weighted by molar-refractivity contribution is -0.384. The zero-order chi connectivity index (χ0) is 20.6. The maximum Gasteiger partial charge on any atom is 0.271 e. The molecule has 2 aromatic rings. The first-order valence-corrected chi connectivity index (χ1v) is 9.51. The molecular formula is C22H22N4O3. The third-order valence-corrected chi connectivity index (χ3v) is 5.06. The molecule has 0 aliphatic carbocycles. The van der Waals surface area contributed by atoms with Gasteiger partial charge in [0.2, 0.25) is 0 Å². The summed E-state index contributed by atoms with van der Waals surface area (Å²) in [6.45, 7) is 1.23. The molecule has 0 saturated carbocycles. The number of likely N-dealkylation sites (tertiary alicyclic amines) is 1. The van der Waals surface area contributed by atoms with E-state index in [1.165, 1.54) is 23.9 Å². The zero-order valence-electron chi connectivity index (χ0n) is 16.0. The van der Waals surface area contributed by atoms with Gasteiger partial charge in [0.25, 0.3) is 11.6 Å². The van der Waals surface area contributed by atoms with Crippen molar-refractivity contribution in [2.75, 3.05) is 18.4 Å². The third kappa shape index (κ3) is 5.42. The number of benzene rings is 2. The van der Waals surface area contributed by atoms with Crippen LogP contribution in [0.25, 0.3) is 0 Å². The highest BCUT2D eigenvalue weighted by molar-refractivity contribution is 5.97. The van der Waals surface area contributed by atoms with Gasteiger partial charge in [-0.25, -0.2) is 0 Å². The van der Waals surface area contributed by atoms with Crippen LogP contribution in [0, 0.1) is 27.4 Å². The Morgan fingerprint density at radius 3 is 2.59 bits per heavy atom. The number of nitriles is 1. The van der Waals surface area contributed by atoms with E-state index in [2.05, 4.69) is 17.4 Å². The largest absolute Gasteiger partial charge is 0.360 e. The number of piperidine rings is 1. The van der Waals surface area contributed by atoms with Crippen molar-refractivity contribution in [3.8, 4) is 6.07 Å². The number of nitro benzene ring substituents is 1. The van der Waals surface area contributed by atoms with Gasteiger partial charge in [0.15, 0.2) is 0 Å². The summed E-state index contributed by atoms with van der Waals surface area (Å²) in [6.07, 6.45) is 4.12. The van der Waals surface area contributed by atoms with Crippen LogP contribution in [0.4, 0.5) is 11.4 Å². The molecule has 1 amide bonds. The fourth-order valence-corrected chi connectivity index (χ4v) is 3.46. The Morgan fingerprint density at radius 1 is 1.21 bits per heavy atom. The number of nitro groups is 1. The molecule has 1 saturated heterocycles. The Balaban J connectivity index is 1.57. The molecule has 7 nitrogen and oxygen atoms in total. The van der Waals surface area contributed by atoms with Crippen molar-refractivity contribution >= 4 is 17.3 Å². The Kier molecular flexibility index (Phi) is 6.59. The fourth-order valence-electron chi connectivity index (χ4n) is 3.46. The number of hydrogen-bond acceptors (Lipinski definition) is 5. The minimum atomic E-state index is -0.495. The monoisotopic (exact) mass is 390 g/mol. The minimum Gasteiger partial charge on any atom is -0.360 e. The predicted octanol–water partition coefficient (Wildman–Crippen LogP) is 3.90. The highest BCUT2D eigenvalue weighted by Crippen LogP contribution is 2.23. The molecule has 0 aromatic heterocycles. The highest BCUT2D eigenvalue weighted by atomic mass is 16.6. The number of hydrogen-bond donors (Lipinski definition) is 1. The SMILES string of the molecule is N#C/C(=C/Nc1cccc([N+](=O)[O-])c1)C(=O)N1CCC(Cc2ccccc2)CC1. The first kappa shape index (κ1) is 20.1. The summed E-state index contributed by atoms with van der Waals surface area (Å²) in [5.41, 5.74) is 1.67. The third-order valence-electron chi connectivity index (χ3n) is 5.06. The summed E-state index contributed by atoms with van der Waals surface area (Å²) in [7, 11) is 0. The van der Waals surface area contributed by atoms with E-state index >= 15 is 0 Å². The molecule has 29 heavy (non-hydrogen) atoms. The average molecular weight is 390 g/mol. The highest BCUT2D eigenvalue weighted by Gasteiger charge is 2.25. The molecule has 0 unspecified atom stereocenters. The van der Waals surface area contributed by atoms with Gasteiger partial charge in [-0.2, -0.15) is 5.26 Å². The van der Waals surface area contributed by atoms with E-state index in [0.717, 1.165) is 19.3 Å². The molecule has 0 radical (unpaired) electrons. The standard InChI is InChI=1S/C22H22N4O3/c23-15-19(16-24-20-7-4-8-21(14-20)26(28)29)22(27)25-11-9-18(10-12-25)13-17-5-2-1-3-6-17/h1-8,14,16,18,24H,9-13H2/b19-16-. The van der Waals surface area contributed by atoms with Crippen molar-refractivity contribution in [3.05, 3.63) is 82.0 Å². The summed E-state index contributed by atoms with van der Waals surface area (Å²) in [5.74, 6) is 0.211. The Labute approximate surface area is 169 Å². The van der Waals surface area contributed by atoms with Gasteiger partial charge in [0.1, 0.15) is 11.6 Å². The quantitative estimate of drug-likeness (QED) is 0.349. The number of anilines is 1. The van der Waals surface area contributed by atoms with Crippen LogP contribution in [-0.2, 0) is 11.2 Å². The van der Waals surface area contributed by atoms with Crippen LogP contribution in [0.5, 0.6) is 0 Å². The van der Waals surface area contributed by atoms with Crippen LogP contribution in [0.1, 0.15) is 18.4 Å². The topological polar surface area (TPSA) is 99.3 Å². The Morgan fingerprint density at radius 2 is 1.93 bits per heavy atom. The smallest absolute Gasteiger partial charge is 0.271 e. The van der Waals surface area contributed by atoms with Crippen LogP contribution in [0.15, 0.2) is 66.4 Å². The summed E-state index contributed by atoms with van der Waals surface area (Å²) in [4.78, 5) is 24.7. The Hall–Kier alpha value is -3.66. The lowest BCUT2D eigenvalue weighted by Gasteiger charge is -2.32. The number of carbonyl (C=O) groups is 1. The number of nitrogens with zero attached hydrogens (tertiary/aromatic N) is 3. The molecule has 0 spiro atoms. The summed E-state index contributed by atoms with van der Waals surface area (Å²) < 4.78 is 0. The first-order valence-electron chi connectivity index (χ1n) is 9.51. The van der Waals surface area contributed by atoms with Crippen LogP contribution in [-0.4, -0.2) is 28.8 Å². The molecule has 3 rings (SSSR count). The summed E-state index contributed by atoms with van der Waals surface area (Å²) in [5, 5.41) is 23.0. The first-order chi connectivity index (χ1) is 14.1. The van der Waals surface area contributed by atoms with Crippen LogP contribution >= 0.6 is 0 Å². The lowest BCUT2D eigenvalue weighted by atomic mass is 9.90. The van der Waals surface area contributed by atoms with Crippen molar-refractivity contribution in [2.24, 2.45) is 5.92 Å². The number of non-ortho nitro benzene ring substituents is 1. The van der Waals surface area contributed by atoms with Crippen LogP contribution in [0.2, 0.25) is 0 Å². The minimum absolute atomic E-state index is 0.0157. The normalized spacial score (nSPS) is 14.9. The van der Waals surface area contributed by atoms with Gasteiger partial charge < -0.3 is 10.2 Å². The van der Waals surface area contributed by atoms with E-state index in [1.807, 2.05) is 24.3 Å². The van der Waals surface area contributed by atoms with Gasteiger partial charge in [-0.3, -0.25) is 14.9 Å². The maximum atomic E-state index is 12.7. The van der Waals surface area contributed by atoms with E-state index in [4.69, 9.17) is 0 Å². The number of nitrogens with one attached hydrogen (secondary N) is 1. The van der Waals surface area contributed by atoms with Crippen LogP contribution in [0.3, 0.4) is 0 Å². The molecule has 1 aliphatic heterocycles. The second-order valence-corrected chi connectivity index (χ2v) is 7.05. The van der Waals surface area contributed by atoms with Gasteiger partial charge in [-0.15, -0.1) is 0 Å². The number of rotatable bonds is 6. The van der Waals surface area contributed by atoms with Crippen molar-refractivity contribution in [1.29, 1.82) is 5.26 Å². The zero-order valence-corrected chi connectivity index (χ0v) is 16.0. The molecule has 1 N–H and O–H groups in total. The predicted molar refractivity (Wildman–Crippen MR) is 110 cm³/mol. The average Bonchev–Trinajstić information content (AvgIpc) is 2.75. The summed E-state index contributed by atoms with van der Waals surface area (Å²) in [6, 6.07) is 18.1. The van der Waals surface area contributed by atoms with Crippen molar-refractivity contribution in [1.82, 2.24) is 4.90 Å². The van der Waals surface area contributed by atoms with Gasteiger partial charge in [0, 0.05) is 37.1 Å². The molecule has 7 heteroatoms. The summed E-state index contributed by atoms with van der Waals surface area (Å²) >= 11 is 0. The van der Waals surface area contributed by atoms with Gasteiger partial charge in [-0.05, 0) is 36.8 Å². The maximum absolute atomic E-state index is 12.7. The lowest BCUT2D eigenvalue weighted by Crippen LogP contribution is -2.39. The van der Waals surface area contributed by atoms with Gasteiger partial charge in [-0.1, -0.05) is 36.4 Å². The fraction of sp³-hybridized carbons (Fsp3) is 0.273. The van der Waals surface area contributed by atoms with E-state index < -0.39 is 4.92 Å². The van der Waals surface area contributed by atoms with Gasteiger partial charge in [0.05, 0.1) is 4.92 Å². The van der Waals surface area contributed by atoms with Crippen molar-refractivity contribution in [2.45, 2.75) is 19.3 Å². The second kappa shape index (κ2) is 9.51. The van der Waals surface area contributed by atoms with Gasteiger partial charge >= 0.3 is 0 Å². The molecule has 148 valence electrons. The van der Waals surface area contributed by atoms with Crippen LogP contribution < -0.4 is 5.32 Å². The number of carbonyl (C=O) groups excluding carboxylic acids is 1. The van der Waals surface area contributed by atoms with Crippen molar-refractivity contribution < 1.29 is 9.72 Å². The van der Waals surface area contributed by atoms with E-state index in [-0.39, 0.29) is 17.2 Å². The molecule has 1 aliphatic rings. The molecule has 0 bridgehead atoms. The van der Waals surface area contributed by atoms with E-state index in [1.54, 1.807) is 17.0 Å². The molecular weight excluding hydrogens is 368 g/mol. The van der Waals surface area contributed by atoms with E-state index in [9.17, 15) is 20.2 Å². The number of amides is 1. The molecule has 2 aromatic carbocycles. The molecule has 1 heterocycles.